The quantitative estimate of drug-likeness (QED) is 0.898. The van der Waals surface area contributed by atoms with Gasteiger partial charge in [0.15, 0.2) is 0 Å². The van der Waals surface area contributed by atoms with Crippen molar-refractivity contribution in [3.8, 4) is 5.75 Å². The molecular weight excluding hydrogens is 292 g/mol. The monoisotopic (exact) mass is 310 g/mol. The zero-order valence-corrected chi connectivity index (χ0v) is 13.7. The zero-order chi connectivity index (χ0) is 14.7. The van der Waals surface area contributed by atoms with Gasteiger partial charge in [0.05, 0.1) is 23.4 Å². The van der Waals surface area contributed by atoms with Crippen molar-refractivity contribution in [2.24, 2.45) is 0 Å². The first-order valence-electron chi connectivity index (χ1n) is 6.55. The van der Waals surface area contributed by atoms with E-state index in [2.05, 4.69) is 15.7 Å². The van der Waals surface area contributed by atoms with Crippen molar-refractivity contribution in [1.82, 2.24) is 10.3 Å². The highest BCUT2D eigenvalue weighted by Crippen LogP contribution is 2.36. The lowest BCUT2D eigenvalue weighted by atomic mass is 10.1. The molecule has 0 spiro atoms. The van der Waals surface area contributed by atoms with E-state index in [0.29, 0.717) is 0 Å². The molecule has 1 atom stereocenters. The summed E-state index contributed by atoms with van der Waals surface area (Å²) < 4.78 is 5.70. The number of halogens is 1. The number of rotatable bonds is 5. The molecule has 0 aromatic carbocycles. The van der Waals surface area contributed by atoms with E-state index >= 15 is 0 Å². The summed E-state index contributed by atoms with van der Waals surface area (Å²) in [5.74, 6) is 0.780. The molecule has 108 valence electrons. The van der Waals surface area contributed by atoms with Gasteiger partial charge in [-0.1, -0.05) is 11.6 Å². The Morgan fingerprint density at radius 1 is 1.35 bits per heavy atom. The normalized spacial score (nSPS) is 12.7. The minimum atomic E-state index is 0.0319. The molecule has 3 nitrogen and oxygen atoms in total. The second kappa shape index (κ2) is 6.57. The molecule has 0 bridgehead atoms. The Morgan fingerprint density at radius 3 is 2.65 bits per heavy atom. The molecule has 5 heteroatoms. The molecule has 1 unspecified atom stereocenters. The smallest absolute Gasteiger partial charge is 0.138 e. The maximum atomic E-state index is 6.38. The molecule has 20 heavy (non-hydrogen) atoms. The van der Waals surface area contributed by atoms with Gasteiger partial charge in [0, 0.05) is 11.1 Å². The number of nitrogens with zero attached hydrogens (tertiary/aromatic N) is 1. The summed E-state index contributed by atoms with van der Waals surface area (Å²) in [7, 11) is 1.92. The van der Waals surface area contributed by atoms with Crippen LogP contribution in [0.3, 0.4) is 0 Å². The summed E-state index contributed by atoms with van der Waals surface area (Å²) in [6.07, 6.45) is 3.71. The lowest BCUT2D eigenvalue weighted by molar-refractivity contribution is 0.241. The van der Waals surface area contributed by atoms with Gasteiger partial charge in [-0.25, -0.2) is 0 Å². The molecule has 2 heterocycles. The molecular formula is C15H19ClN2OS. The highest BCUT2D eigenvalue weighted by atomic mass is 35.5. The van der Waals surface area contributed by atoms with Crippen LogP contribution in [0.25, 0.3) is 0 Å². The van der Waals surface area contributed by atoms with Gasteiger partial charge in [0.25, 0.3) is 0 Å². The lowest BCUT2D eigenvalue weighted by Gasteiger charge is -2.17. The van der Waals surface area contributed by atoms with Crippen molar-refractivity contribution in [3.63, 3.8) is 0 Å². The van der Waals surface area contributed by atoms with Crippen LogP contribution in [0, 0.1) is 6.92 Å². The molecule has 2 rings (SSSR count). The Morgan fingerprint density at radius 2 is 2.10 bits per heavy atom. The van der Waals surface area contributed by atoms with Gasteiger partial charge < -0.3 is 10.1 Å². The molecule has 1 N–H and O–H groups in total. The molecule has 0 aliphatic heterocycles. The number of ether oxygens (including phenoxy) is 1. The minimum Gasteiger partial charge on any atom is -0.489 e. The number of pyridine rings is 1. The maximum absolute atomic E-state index is 6.38. The summed E-state index contributed by atoms with van der Waals surface area (Å²) in [5.41, 5.74) is 2.16. The average molecular weight is 311 g/mol. The summed E-state index contributed by atoms with van der Waals surface area (Å²) in [5, 5.41) is 6.20. The molecule has 0 amide bonds. The SMILES string of the molecule is CNC(c1cncc(OC(C)C)c1)c1scc(C)c1Cl. The van der Waals surface area contributed by atoms with E-state index in [9.17, 15) is 0 Å². The van der Waals surface area contributed by atoms with Crippen LogP contribution in [0.15, 0.2) is 23.8 Å². The topological polar surface area (TPSA) is 34.2 Å². The molecule has 2 aromatic rings. The number of aromatic nitrogens is 1. The van der Waals surface area contributed by atoms with Crippen LogP contribution < -0.4 is 10.1 Å². The number of thiophene rings is 1. The Balaban J connectivity index is 2.34. The summed E-state index contributed by atoms with van der Waals surface area (Å²) in [4.78, 5) is 5.37. The maximum Gasteiger partial charge on any atom is 0.138 e. The summed E-state index contributed by atoms with van der Waals surface area (Å²) in [6.45, 7) is 6.02. The van der Waals surface area contributed by atoms with Crippen molar-refractivity contribution >= 4 is 22.9 Å². The Bertz CT molecular complexity index is 583. The largest absolute Gasteiger partial charge is 0.489 e. The molecule has 0 saturated carbocycles. The molecule has 2 aromatic heterocycles. The Kier molecular flexibility index (Phi) is 5.02. The van der Waals surface area contributed by atoms with E-state index in [4.69, 9.17) is 16.3 Å². The zero-order valence-electron chi connectivity index (χ0n) is 12.1. The van der Waals surface area contributed by atoms with Crippen LogP contribution in [-0.2, 0) is 0 Å². The van der Waals surface area contributed by atoms with E-state index in [-0.39, 0.29) is 12.1 Å². The fraction of sp³-hybridized carbons (Fsp3) is 0.400. The van der Waals surface area contributed by atoms with Crippen LogP contribution in [0.4, 0.5) is 0 Å². The van der Waals surface area contributed by atoms with Crippen molar-refractivity contribution in [3.05, 3.63) is 44.9 Å². The van der Waals surface area contributed by atoms with Crippen LogP contribution in [0.1, 0.15) is 35.9 Å². The van der Waals surface area contributed by atoms with Gasteiger partial charge in [-0.2, -0.15) is 0 Å². The number of nitrogens with one attached hydrogen (secondary N) is 1. The van der Waals surface area contributed by atoms with Gasteiger partial charge in [0.1, 0.15) is 5.75 Å². The average Bonchev–Trinajstić information content (AvgIpc) is 2.72. The Labute approximate surface area is 129 Å². The molecule has 0 aliphatic carbocycles. The van der Waals surface area contributed by atoms with E-state index in [0.717, 1.165) is 26.8 Å². The third-order valence-electron chi connectivity index (χ3n) is 2.92. The second-order valence-corrected chi connectivity index (χ2v) is 6.23. The van der Waals surface area contributed by atoms with Crippen molar-refractivity contribution in [1.29, 1.82) is 0 Å². The molecule has 0 aliphatic rings. The molecule has 0 fully saturated rings. The predicted molar refractivity (Wildman–Crippen MR) is 85.0 cm³/mol. The highest BCUT2D eigenvalue weighted by Gasteiger charge is 2.19. The van der Waals surface area contributed by atoms with Gasteiger partial charge in [-0.3, -0.25) is 4.98 Å². The van der Waals surface area contributed by atoms with E-state index in [1.165, 1.54) is 0 Å². The van der Waals surface area contributed by atoms with Gasteiger partial charge in [-0.15, -0.1) is 11.3 Å². The van der Waals surface area contributed by atoms with E-state index < -0.39 is 0 Å². The molecule has 0 saturated heterocycles. The van der Waals surface area contributed by atoms with Crippen molar-refractivity contribution in [2.45, 2.75) is 32.9 Å². The summed E-state index contributed by atoms with van der Waals surface area (Å²) >= 11 is 8.04. The van der Waals surface area contributed by atoms with Gasteiger partial charge in [-0.05, 0) is 50.4 Å². The number of hydrogen-bond donors (Lipinski definition) is 1. The second-order valence-electron chi connectivity index (χ2n) is 4.94. The minimum absolute atomic E-state index is 0.0319. The first-order valence-corrected chi connectivity index (χ1v) is 7.81. The van der Waals surface area contributed by atoms with Crippen LogP contribution in [0.5, 0.6) is 5.75 Å². The standard InChI is InChI=1S/C15H19ClN2OS/c1-9(2)19-12-5-11(6-18-7-12)14(17-4)15-13(16)10(3)8-20-15/h5-9,14,17H,1-4H3. The summed E-state index contributed by atoms with van der Waals surface area (Å²) in [6, 6.07) is 2.05. The third kappa shape index (κ3) is 3.32. The van der Waals surface area contributed by atoms with E-state index in [1.54, 1.807) is 17.5 Å². The lowest BCUT2D eigenvalue weighted by Crippen LogP contribution is -2.17. The first kappa shape index (κ1) is 15.3. The van der Waals surface area contributed by atoms with Crippen LogP contribution in [0.2, 0.25) is 5.02 Å². The highest BCUT2D eigenvalue weighted by molar-refractivity contribution is 7.10. The predicted octanol–water partition coefficient (Wildman–Crippen LogP) is 4.20. The van der Waals surface area contributed by atoms with Gasteiger partial charge in [0.2, 0.25) is 0 Å². The first-order chi connectivity index (χ1) is 9.52. The van der Waals surface area contributed by atoms with Gasteiger partial charge >= 0.3 is 0 Å². The third-order valence-corrected chi connectivity index (χ3v) is 4.69. The van der Waals surface area contributed by atoms with Crippen LogP contribution >= 0.6 is 22.9 Å². The fourth-order valence-electron chi connectivity index (χ4n) is 2.02. The number of aryl methyl sites for hydroxylation is 1. The number of hydrogen-bond acceptors (Lipinski definition) is 4. The van der Waals surface area contributed by atoms with Crippen molar-refractivity contribution in [2.75, 3.05) is 7.05 Å². The van der Waals surface area contributed by atoms with E-state index in [1.807, 2.05) is 40.1 Å². The van der Waals surface area contributed by atoms with Crippen molar-refractivity contribution < 1.29 is 4.74 Å². The fourth-order valence-corrected chi connectivity index (χ4v) is 3.46. The molecule has 0 radical (unpaired) electrons. The van der Waals surface area contributed by atoms with Crippen LogP contribution in [-0.4, -0.2) is 18.1 Å². The Hall–Kier alpha value is -1.10.